The van der Waals surface area contributed by atoms with Crippen LogP contribution in [0.25, 0.3) is 0 Å². The summed E-state index contributed by atoms with van der Waals surface area (Å²) in [5, 5.41) is 1.12. The Hall–Kier alpha value is -1.45. The van der Waals surface area contributed by atoms with Crippen molar-refractivity contribution in [2.45, 2.75) is 63.1 Å². The minimum absolute atomic E-state index is 0.0605. The molecular weight excluding hydrogens is 401 g/mol. The Morgan fingerprint density at radius 2 is 1.67 bits per heavy atom. The number of esters is 1. The van der Waals surface area contributed by atoms with E-state index in [1.54, 1.807) is 13.8 Å². The van der Waals surface area contributed by atoms with Crippen molar-refractivity contribution in [2.75, 3.05) is 20.3 Å². The van der Waals surface area contributed by atoms with Crippen molar-refractivity contribution in [3.8, 4) is 0 Å². The topological polar surface area (TPSA) is 99.2 Å². The van der Waals surface area contributed by atoms with Crippen LogP contribution in [0.1, 0.15) is 53.4 Å². The first-order valence-electron chi connectivity index (χ1n) is 8.86. The number of hydrogen-bond donors (Lipinski definition) is 0. The van der Waals surface area contributed by atoms with Crippen molar-refractivity contribution in [3.05, 3.63) is 0 Å². The molecule has 9 heteroatoms. The monoisotopic (exact) mass is 430 g/mol. The second-order valence-electron chi connectivity index (χ2n) is 7.01. The Bertz CT molecular complexity index is 562. The zero-order valence-corrected chi connectivity index (χ0v) is 17.6. The third-order valence-corrected chi connectivity index (χ3v) is 6.28. The Morgan fingerprint density at radius 3 is 2.19 bits per heavy atom. The maximum absolute atomic E-state index is 12.4. The van der Waals surface area contributed by atoms with Gasteiger partial charge in [-0.1, -0.05) is 0 Å². The van der Waals surface area contributed by atoms with Gasteiger partial charge >= 0.3 is 166 Å². The number of rotatable bonds is 11. The number of nitrogens with zero attached hydrogens (tertiary/aromatic N) is 1. The summed E-state index contributed by atoms with van der Waals surface area (Å²) in [6, 6.07) is 0. The summed E-state index contributed by atoms with van der Waals surface area (Å²) in [5.74, 6) is -1.93. The van der Waals surface area contributed by atoms with Crippen molar-refractivity contribution in [3.63, 3.8) is 0 Å². The van der Waals surface area contributed by atoms with E-state index in [0.717, 1.165) is 14.7 Å². The molecule has 1 saturated heterocycles. The molecular formula is C18H29CoNO7. The first-order chi connectivity index (χ1) is 12.6. The zero-order chi connectivity index (χ0) is 20.7. The van der Waals surface area contributed by atoms with E-state index in [2.05, 4.69) is 0 Å². The van der Waals surface area contributed by atoms with Crippen molar-refractivity contribution >= 4 is 23.8 Å². The zero-order valence-electron chi connectivity index (χ0n) is 16.6. The molecule has 1 rings (SSSR count). The molecule has 0 aliphatic carbocycles. The third-order valence-electron chi connectivity index (χ3n) is 4.37. The number of hydroxylamine groups is 2. The van der Waals surface area contributed by atoms with Crippen LogP contribution in [-0.4, -0.2) is 49.1 Å². The van der Waals surface area contributed by atoms with Crippen molar-refractivity contribution in [2.24, 2.45) is 5.41 Å². The van der Waals surface area contributed by atoms with Gasteiger partial charge in [-0.2, -0.15) is 0 Å². The minimum atomic E-state index is -0.899. The summed E-state index contributed by atoms with van der Waals surface area (Å²) in [6.07, 6.45) is 1.15. The Morgan fingerprint density at radius 1 is 1.07 bits per heavy atom. The summed E-state index contributed by atoms with van der Waals surface area (Å²) in [6.45, 7) is 7.66. The second kappa shape index (κ2) is 10.2. The average molecular weight is 430 g/mol. The molecule has 0 saturated carbocycles. The third kappa shape index (κ3) is 6.58. The van der Waals surface area contributed by atoms with Gasteiger partial charge in [-0.25, -0.2) is 0 Å². The standard InChI is InChI=1S/C10H14NO4.C8H15O3.Co/c1-4-10(2,3)9(14)15-11-7(12)5-6-8(11)13;1-4-7(2)8(9)11-6-5-10-3;/h1,4-6H2,2-3H3;4-6H2,1-3H3;. The van der Waals surface area contributed by atoms with Crippen LogP contribution < -0.4 is 0 Å². The van der Waals surface area contributed by atoms with E-state index < -0.39 is 27.5 Å². The molecule has 157 valence electrons. The number of hydrogen-bond acceptors (Lipinski definition) is 7. The fraction of sp³-hybridized carbons (Fsp3) is 0.778. The van der Waals surface area contributed by atoms with Crippen molar-refractivity contribution < 1.29 is 48.2 Å². The maximum atomic E-state index is 12.4. The van der Waals surface area contributed by atoms with E-state index in [1.165, 1.54) is 7.11 Å². The summed E-state index contributed by atoms with van der Waals surface area (Å²) in [5.41, 5.74) is -0.899. The summed E-state index contributed by atoms with van der Waals surface area (Å²) in [4.78, 5) is 52.8. The van der Waals surface area contributed by atoms with Crippen molar-refractivity contribution in [1.29, 1.82) is 0 Å². The van der Waals surface area contributed by atoms with Crippen molar-refractivity contribution in [1.82, 2.24) is 5.06 Å². The van der Waals surface area contributed by atoms with E-state index in [1.807, 2.05) is 13.8 Å². The summed E-state index contributed by atoms with van der Waals surface area (Å²) < 4.78 is 9.44. The molecule has 0 spiro atoms. The quantitative estimate of drug-likeness (QED) is 0.282. The molecule has 0 radical (unpaired) electrons. The van der Waals surface area contributed by atoms with E-state index >= 15 is 0 Å². The molecule has 1 atom stereocenters. The van der Waals surface area contributed by atoms with Gasteiger partial charge in [0.1, 0.15) is 0 Å². The number of amides is 2. The summed E-state index contributed by atoms with van der Waals surface area (Å²) in [7, 11) is 1.54. The van der Waals surface area contributed by atoms with Gasteiger partial charge in [0.25, 0.3) is 0 Å². The van der Waals surface area contributed by atoms with E-state index in [9.17, 15) is 19.2 Å². The van der Waals surface area contributed by atoms with Crippen LogP contribution in [0.5, 0.6) is 0 Å². The van der Waals surface area contributed by atoms with Gasteiger partial charge in [-0.05, 0) is 0 Å². The number of ether oxygens (including phenoxy) is 2. The summed E-state index contributed by atoms with van der Waals surface area (Å²) >= 11 is 0.871. The van der Waals surface area contributed by atoms with Crippen LogP contribution >= 0.6 is 0 Å². The molecule has 8 nitrogen and oxygen atoms in total. The molecule has 0 aromatic rings. The molecule has 0 aromatic carbocycles. The fourth-order valence-corrected chi connectivity index (χ4v) is 3.88. The van der Waals surface area contributed by atoms with E-state index in [-0.39, 0.29) is 25.4 Å². The predicted octanol–water partition coefficient (Wildman–Crippen LogP) is 2.29. The molecule has 1 heterocycles. The normalized spacial score (nSPS) is 17.1. The molecule has 1 unspecified atom stereocenters. The van der Waals surface area contributed by atoms with Crippen LogP contribution in [0.4, 0.5) is 0 Å². The molecule has 1 aliphatic heterocycles. The predicted molar refractivity (Wildman–Crippen MR) is 91.9 cm³/mol. The first-order valence-corrected chi connectivity index (χ1v) is 10.1. The Balaban J connectivity index is 2.55. The van der Waals surface area contributed by atoms with Gasteiger partial charge in [-0.15, -0.1) is 0 Å². The van der Waals surface area contributed by atoms with Gasteiger partial charge in [0, 0.05) is 0 Å². The SMILES string of the molecule is CC[C](C)([Co][CH2]CC(C)(C)C(=O)ON1C(=O)CCC1=O)C(=O)OCCOC. The van der Waals surface area contributed by atoms with E-state index in [4.69, 9.17) is 14.3 Å². The molecule has 0 aromatic heterocycles. The number of carbonyl (C=O) groups excluding carboxylic acids is 4. The van der Waals surface area contributed by atoms with Crippen LogP contribution in [0.3, 0.4) is 0 Å². The Kier molecular flexibility index (Phi) is 8.90. The van der Waals surface area contributed by atoms with Crippen LogP contribution in [-0.2, 0) is 48.2 Å². The molecule has 2 amide bonds. The number of carbonyl (C=O) groups is 4. The molecule has 0 bridgehead atoms. The second-order valence-corrected chi connectivity index (χ2v) is 9.05. The molecule has 1 aliphatic rings. The van der Waals surface area contributed by atoms with Crippen LogP contribution in [0, 0.1) is 5.41 Å². The average Bonchev–Trinajstić information content (AvgIpc) is 2.93. The van der Waals surface area contributed by atoms with Crippen LogP contribution in [0.2, 0.25) is 9.70 Å². The Labute approximate surface area is 166 Å². The molecule has 27 heavy (non-hydrogen) atoms. The van der Waals surface area contributed by atoms with Gasteiger partial charge < -0.3 is 0 Å². The first kappa shape index (κ1) is 23.6. The van der Waals surface area contributed by atoms with E-state index in [0.29, 0.717) is 29.9 Å². The number of methoxy groups -OCH3 is 1. The fourth-order valence-electron chi connectivity index (χ4n) is 2.04. The molecule has 0 N–H and O–H groups in total. The number of imide groups is 1. The van der Waals surface area contributed by atoms with Gasteiger partial charge in [0.05, 0.1) is 0 Å². The van der Waals surface area contributed by atoms with Gasteiger partial charge in [0.2, 0.25) is 0 Å². The molecule has 1 fully saturated rings. The van der Waals surface area contributed by atoms with Crippen LogP contribution in [0.15, 0.2) is 0 Å². The van der Waals surface area contributed by atoms with Gasteiger partial charge in [0.15, 0.2) is 0 Å². The van der Waals surface area contributed by atoms with Gasteiger partial charge in [-0.3, -0.25) is 0 Å².